The standard InChI is InChI=1S/C31H56N8O9/c1-21(28(32)44)11-5-8-16-35-25(41)19-39(20-26(42)36-17-9-6-12-22(2)29(33)45)27(43)14-18-37-30(46)24(38-31(47)48-4)13-7-10-15-34-23(3)40/h21-22,24H,5-20H2,1-4H3,(H2,32,44)(H2,33,45)(H,34,40)(H,35,41)(H,36,42)(H,37,46)(H,38,47)/t21?,22?,24-/m0/s1. The number of methoxy groups -OCH3 is 1. The number of nitrogens with two attached hydrogens (primary N) is 2. The van der Waals surface area contributed by atoms with Crippen molar-refractivity contribution in [3.8, 4) is 0 Å². The van der Waals surface area contributed by atoms with Gasteiger partial charge in [0, 0.05) is 51.4 Å². The molecule has 48 heavy (non-hydrogen) atoms. The first-order valence-corrected chi connectivity index (χ1v) is 16.4. The maximum atomic E-state index is 13.1. The molecule has 274 valence electrons. The Morgan fingerprint density at radius 3 is 1.54 bits per heavy atom. The minimum absolute atomic E-state index is 0.126. The van der Waals surface area contributed by atoms with Gasteiger partial charge in [-0.1, -0.05) is 26.7 Å². The zero-order valence-electron chi connectivity index (χ0n) is 28.8. The van der Waals surface area contributed by atoms with Crippen LogP contribution in [0.3, 0.4) is 0 Å². The number of hydrogen-bond acceptors (Lipinski definition) is 9. The molecule has 0 radical (unpaired) electrons. The van der Waals surface area contributed by atoms with E-state index in [4.69, 9.17) is 11.5 Å². The molecule has 17 nitrogen and oxygen atoms in total. The number of nitrogens with zero attached hydrogens (tertiary/aromatic N) is 1. The van der Waals surface area contributed by atoms with Gasteiger partial charge in [0.2, 0.25) is 41.4 Å². The van der Waals surface area contributed by atoms with E-state index in [9.17, 15) is 38.4 Å². The molecule has 3 atom stereocenters. The predicted octanol–water partition coefficient (Wildman–Crippen LogP) is -0.832. The molecule has 0 spiro atoms. The van der Waals surface area contributed by atoms with Crippen LogP contribution in [0.2, 0.25) is 0 Å². The number of rotatable bonds is 26. The van der Waals surface area contributed by atoms with E-state index in [1.165, 1.54) is 6.92 Å². The van der Waals surface area contributed by atoms with Crippen molar-refractivity contribution in [3.63, 3.8) is 0 Å². The van der Waals surface area contributed by atoms with Crippen LogP contribution < -0.4 is 38.1 Å². The van der Waals surface area contributed by atoms with Crippen LogP contribution in [0.15, 0.2) is 0 Å². The van der Waals surface area contributed by atoms with Gasteiger partial charge in [-0.2, -0.15) is 0 Å². The summed E-state index contributed by atoms with van der Waals surface area (Å²) in [4.78, 5) is 97.5. The Morgan fingerprint density at radius 1 is 0.646 bits per heavy atom. The summed E-state index contributed by atoms with van der Waals surface area (Å²) in [6.07, 6.45) is 3.96. The number of primary amides is 2. The zero-order valence-corrected chi connectivity index (χ0v) is 28.8. The summed E-state index contributed by atoms with van der Waals surface area (Å²) in [5.41, 5.74) is 10.5. The maximum absolute atomic E-state index is 13.1. The summed E-state index contributed by atoms with van der Waals surface area (Å²) in [5.74, 6) is -3.58. The average molecular weight is 685 g/mol. The van der Waals surface area contributed by atoms with Gasteiger partial charge in [0.05, 0.1) is 7.11 Å². The van der Waals surface area contributed by atoms with Gasteiger partial charge in [-0.25, -0.2) is 4.79 Å². The third-order valence-corrected chi connectivity index (χ3v) is 7.49. The summed E-state index contributed by atoms with van der Waals surface area (Å²) >= 11 is 0. The predicted molar refractivity (Wildman–Crippen MR) is 177 cm³/mol. The first kappa shape index (κ1) is 43.6. The molecule has 0 heterocycles. The molecule has 0 aliphatic carbocycles. The molecule has 0 saturated carbocycles. The largest absolute Gasteiger partial charge is 0.453 e. The van der Waals surface area contributed by atoms with E-state index in [1.54, 1.807) is 13.8 Å². The summed E-state index contributed by atoms with van der Waals surface area (Å²) in [6.45, 7) is 4.96. The molecule has 0 aromatic heterocycles. The van der Waals surface area contributed by atoms with Crippen LogP contribution in [-0.2, 0) is 38.3 Å². The molecule has 0 aromatic carbocycles. The highest BCUT2D eigenvalue weighted by atomic mass is 16.5. The van der Waals surface area contributed by atoms with Gasteiger partial charge in [0.1, 0.15) is 19.1 Å². The second-order valence-corrected chi connectivity index (χ2v) is 11.8. The molecule has 0 aromatic rings. The van der Waals surface area contributed by atoms with E-state index in [0.29, 0.717) is 71.0 Å². The Labute approximate surface area is 282 Å². The molecule has 0 aliphatic rings. The van der Waals surface area contributed by atoms with E-state index in [-0.39, 0.29) is 37.1 Å². The number of nitrogens with one attached hydrogen (secondary N) is 5. The third-order valence-electron chi connectivity index (χ3n) is 7.49. The van der Waals surface area contributed by atoms with Gasteiger partial charge in [-0.05, 0) is 44.9 Å². The molecular formula is C31H56N8O9. The van der Waals surface area contributed by atoms with E-state index >= 15 is 0 Å². The lowest BCUT2D eigenvalue weighted by Crippen LogP contribution is -2.49. The fourth-order valence-electron chi connectivity index (χ4n) is 4.36. The lowest BCUT2D eigenvalue weighted by molar-refractivity contribution is -0.139. The van der Waals surface area contributed by atoms with Crippen molar-refractivity contribution in [3.05, 3.63) is 0 Å². The Balaban J connectivity index is 5.13. The molecule has 8 amide bonds. The van der Waals surface area contributed by atoms with Crippen molar-refractivity contribution in [1.82, 2.24) is 31.5 Å². The lowest BCUT2D eigenvalue weighted by Gasteiger charge is -2.22. The van der Waals surface area contributed by atoms with Gasteiger partial charge in [0.25, 0.3) is 0 Å². The number of amides is 8. The number of carbonyl (C=O) groups is 8. The molecule has 0 aliphatic heterocycles. The topological polar surface area (TPSA) is 261 Å². The summed E-state index contributed by atoms with van der Waals surface area (Å²) in [7, 11) is 1.16. The van der Waals surface area contributed by atoms with Crippen LogP contribution in [0, 0.1) is 11.8 Å². The number of carbonyl (C=O) groups excluding carboxylic acids is 8. The highest BCUT2D eigenvalue weighted by molar-refractivity contribution is 5.90. The van der Waals surface area contributed by atoms with Crippen molar-refractivity contribution in [2.24, 2.45) is 23.3 Å². The van der Waals surface area contributed by atoms with Crippen molar-refractivity contribution < 1.29 is 43.1 Å². The number of alkyl carbamates (subject to hydrolysis) is 1. The van der Waals surface area contributed by atoms with Crippen LogP contribution in [0.5, 0.6) is 0 Å². The van der Waals surface area contributed by atoms with Gasteiger partial charge in [-0.15, -0.1) is 0 Å². The van der Waals surface area contributed by atoms with Crippen LogP contribution in [0.1, 0.15) is 85.0 Å². The first-order valence-electron chi connectivity index (χ1n) is 16.4. The van der Waals surface area contributed by atoms with Crippen LogP contribution in [0.4, 0.5) is 4.79 Å². The van der Waals surface area contributed by atoms with Crippen LogP contribution in [0.25, 0.3) is 0 Å². The zero-order chi connectivity index (χ0) is 36.5. The van der Waals surface area contributed by atoms with Crippen molar-refractivity contribution in [1.29, 1.82) is 0 Å². The van der Waals surface area contributed by atoms with Crippen LogP contribution in [-0.4, -0.2) is 105 Å². The minimum atomic E-state index is -0.950. The highest BCUT2D eigenvalue weighted by Crippen LogP contribution is 2.07. The first-order chi connectivity index (χ1) is 22.7. The lowest BCUT2D eigenvalue weighted by atomic mass is 10.0. The average Bonchev–Trinajstić information content (AvgIpc) is 3.02. The number of ether oxygens (including phenoxy) is 1. The molecule has 0 fully saturated rings. The van der Waals surface area contributed by atoms with Crippen molar-refractivity contribution >= 4 is 47.4 Å². The van der Waals surface area contributed by atoms with E-state index in [2.05, 4.69) is 31.3 Å². The van der Waals surface area contributed by atoms with Gasteiger partial charge in [-0.3, -0.25) is 33.6 Å². The van der Waals surface area contributed by atoms with Gasteiger partial charge < -0.3 is 47.7 Å². The Morgan fingerprint density at radius 2 is 1.10 bits per heavy atom. The third kappa shape index (κ3) is 22.1. The van der Waals surface area contributed by atoms with Gasteiger partial charge in [0.15, 0.2) is 0 Å². The molecule has 9 N–H and O–H groups in total. The SMILES string of the molecule is COC(=O)N[C@@H](CCCCNC(C)=O)C(=O)NCCC(=O)N(CC(=O)NCCCCC(C)C(N)=O)CC(=O)NCCCCC(C)C(N)=O. The molecule has 2 unspecified atom stereocenters. The highest BCUT2D eigenvalue weighted by Gasteiger charge is 2.23. The normalized spacial score (nSPS) is 12.4. The second kappa shape index (κ2) is 25.6. The summed E-state index contributed by atoms with van der Waals surface area (Å²) < 4.78 is 4.60. The molecule has 0 rings (SSSR count). The van der Waals surface area contributed by atoms with Crippen LogP contribution >= 0.6 is 0 Å². The fourth-order valence-corrected chi connectivity index (χ4v) is 4.36. The van der Waals surface area contributed by atoms with Gasteiger partial charge >= 0.3 is 6.09 Å². The van der Waals surface area contributed by atoms with E-state index in [0.717, 1.165) is 12.0 Å². The minimum Gasteiger partial charge on any atom is -0.453 e. The summed E-state index contributed by atoms with van der Waals surface area (Å²) in [5, 5.41) is 13.1. The Kier molecular flexibility index (Phi) is 23.3. The smallest absolute Gasteiger partial charge is 0.407 e. The Hall–Kier alpha value is -4.44. The second-order valence-electron chi connectivity index (χ2n) is 11.8. The molecular weight excluding hydrogens is 628 g/mol. The number of hydrogen-bond donors (Lipinski definition) is 7. The van der Waals surface area contributed by atoms with Crippen molar-refractivity contribution in [2.45, 2.75) is 91.0 Å². The monoisotopic (exact) mass is 684 g/mol. The Bertz CT molecular complexity index is 1030. The van der Waals surface area contributed by atoms with Crippen molar-refractivity contribution in [2.75, 3.05) is 46.4 Å². The quantitative estimate of drug-likeness (QED) is 0.0560. The maximum Gasteiger partial charge on any atom is 0.407 e. The van der Waals surface area contributed by atoms with E-state index in [1.807, 2.05) is 0 Å². The summed E-state index contributed by atoms with van der Waals surface area (Å²) in [6, 6.07) is -0.950. The molecule has 17 heteroatoms. The number of unbranched alkanes of at least 4 members (excludes halogenated alkanes) is 3. The molecule has 0 bridgehead atoms. The fraction of sp³-hybridized carbons (Fsp3) is 0.742. The molecule has 0 saturated heterocycles. The van der Waals surface area contributed by atoms with E-state index < -0.39 is 60.7 Å².